The van der Waals surface area contributed by atoms with Crippen molar-refractivity contribution < 1.29 is 9.90 Å². The highest BCUT2D eigenvalue weighted by atomic mass is 35.5. The van der Waals surface area contributed by atoms with Crippen LogP contribution in [-0.4, -0.2) is 15.6 Å². The predicted molar refractivity (Wildman–Crippen MR) is 72.1 cm³/mol. The number of carbonyl (C=O) groups is 1. The zero-order valence-electron chi connectivity index (χ0n) is 10.7. The molecule has 0 bridgehead atoms. The Labute approximate surface area is 113 Å². The Balaban J connectivity index is 1.95. The summed E-state index contributed by atoms with van der Waals surface area (Å²) in [4.78, 5) is 11.1. The second kappa shape index (κ2) is 5.79. The van der Waals surface area contributed by atoms with E-state index < -0.39 is 5.97 Å². The summed E-state index contributed by atoms with van der Waals surface area (Å²) in [6.07, 6.45) is 7.97. The van der Waals surface area contributed by atoms with Crippen LogP contribution in [0.2, 0.25) is 5.02 Å². The van der Waals surface area contributed by atoms with Crippen LogP contribution in [0.3, 0.4) is 0 Å². The van der Waals surface area contributed by atoms with E-state index in [2.05, 4.69) is 6.92 Å². The predicted octanol–water partition coefficient (Wildman–Crippen LogP) is 4.06. The van der Waals surface area contributed by atoms with Gasteiger partial charge in [-0.05, 0) is 30.7 Å². The van der Waals surface area contributed by atoms with E-state index >= 15 is 0 Å². The third-order valence-corrected chi connectivity index (χ3v) is 4.11. The summed E-state index contributed by atoms with van der Waals surface area (Å²) in [5.41, 5.74) is 0.295. The Bertz CT molecular complexity index is 427. The molecule has 0 spiro atoms. The van der Waals surface area contributed by atoms with Gasteiger partial charge in [0.15, 0.2) is 0 Å². The third-order valence-electron chi connectivity index (χ3n) is 3.91. The van der Waals surface area contributed by atoms with Crippen molar-refractivity contribution in [1.82, 2.24) is 4.57 Å². The van der Waals surface area contributed by atoms with E-state index in [0.29, 0.717) is 10.7 Å². The quantitative estimate of drug-likeness (QED) is 0.896. The van der Waals surface area contributed by atoms with Gasteiger partial charge in [0.05, 0.1) is 5.02 Å². The molecule has 0 aliphatic heterocycles. The maximum absolute atomic E-state index is 11.1. The molecular weight excluding hydrogens is 250 g/mol. The van der Waals surface area contributed by atoms with Gasteiger partial charge in [0.1, 0.15) is 5.69 Å². The maximum Gasteiger partial charge on any atom is 0.352 e. The summed E-state index contributed by atoms with van der Waals surface area (Å²) < 4.78 is 1.77. The van der Waals surface area contributed by atoms with Crippen molar-refractivity contribution in [3.8, 4) is 0 Å². The number of rotatable bonds is 4. The first kappa shape index (κ1) is 13.5. The van der Waals surface area contributed by atoms with Gasteiger partial charge < -0.3 is 9.67 Å². The second-order valence-corrected chi connectivity index (χ2v) is 5.91. The normalized spacial score (nSPS) is 24.1. The van der Waals surface area contributed by atoms with Crippen LogP contribution in [0.15, 0.2) is 12.3 Å². The molecular formula is C14H20ClNO2. The number of nitrogens with zero attached hydrogens (tertiary/aromatic N) is 1. The van der Waals surface area contributed by atoms with Crippen LogP contribution in [0, 0.1) is 11.8 Å². The largest absolute Gasteiger partial charge is 0.477 e. The zero-order chi connectivity index (χ0) is 13.1. The molecule has 18 heavy (non-hydrogen) atoms. The van der Waals surface area contributed by atoms with Gasteiger partial charge in [-0.3, -0.25) is 0 Å². The first-order valence-electron chi connectivity index (χ1n) is 6.65. The standard InChI is InChI=1S/C14H20ClNO2/c1-10-3-2-4-11(7-10)5-6-16-9-12(15)8-13(16)14(17)18/h8-11H,2-7H2,1H3,(H,17,18). The van der Waals surface area contributed by atoms with E-state index in [9.17, 15) is 4.79 Å². The van der Waals surface area contributed by atoms with Gasteiger partial charge in [0.25, 0.3) is 0 Å². The lowest BCUT2D eigenvalue weighted by molar-refractivity contribution is 0.0684. The number of aryl methyl sites for hydroxylation is 1. The second-order valence-electron chi connectivity index (χ2n) is 5.47. The minimum absolute atomic E-state index is 0.295. The summed E-state index contributed by atoms with van der Waals surface area (Å²) in [7, 11) is 0. The van der Waals surface area contributed by atoms with Crippen LogP contribution < -0.4 is 0 Å². The van der Waals surface area contributed by atoms with E-state index in [-0.39, 0.29) is 0 Å². The van der Waals surface area contributed by atoms with Crippen molar-refractivity contribution in [3.05, 3.63) is 23.0 Å². The summed E-state index contributed by atoms with van der Waals surface area (Å²) in [6.45, 7) is 3.06. The average molecular weight is 270 g/mol. The SMILES string of the molecule is CC1CCCC(CCn2cc(Cl)cc2C(=O)O)C1. The molecule has 1 fully saturated rings. The number of halogens is 1. The topological polar surface area (TPSA) is 42.2 Å². The molecule has 1 aliphatic carbocycles. The molecule has 2 rings (SSSR count). The Morgan fingerprint density at radius 2 is 2.33 bits per heavy atom. The van der Waals surface area contributed by atoms with Gasteiger partial charge >= 0.3 is 5.97 Å². The Hall–Kier alpha value is -0.960. The first-order valence-corrected chi connectivity index (χ1v) is 7.03. The minimum atomic E-state index is -0.904. The van der Waals surface area contributed by atoms with Gasteiger partial charge in [-0.15, -0.1) is 0 Å². The number of hydrogen-bond donors (Lipinski definition) is 1. The van der Waals surface area contributed by atoms with Crippen molar-refractivity contribution in [1.29, 1.82) is 0 Å². The van der Waals surface area contributed by atoms with Crippen molar-refractivity contribution in [3.63, 3.8) is 0 Å². The number of aromatic nitrogens is 1. The molecule has 100 valence electrons. The van der Waals surface area contributed by atoms with Gasteiger partial charge in [-0.2, -0.15) is 0 Å². The molecule has 0 saturated heterocycles. The van der Waals surface area contributed by atoms with Gasteiger partial charge in [-0.25, -0.2) is 4.79 Å². The summed E-state index contributed by atoms with van der Waals surface area (Å²) in [5, 5.41) is 9.58. The Kier molecular flexibility index (Phi) is 4.33. The summed E-state index contributed by atoms with van der Waals surface area (Å²) >= 11 is 5.87. The molecule has 1 aliphatic rings. The molecule has 3 nitrogen and oxygen atoms in total. The first-order chi connectivity index (χ1) is 8.56. The van der Waals surface area contributed by atoms with Crippen LogP contribution in [-0.2, 0) is 6.54 Å². The zero-order valence-corrected chi connectivity index (χ0v) is 11.5. The van der Waals surface area contributed by atoms with Crippen LogP contribution in [0.4, 0.5) is 0 Å². The average Bonchev–Trinajstić information content (AvgIpc) is 2.68. The molecule has 1 aromatic heterocycles. The highest BCUT2D eigenvalue weighted by Crippen LogP contribution is 2.31. The Morgan fingerprint density at radius 1 is 1.56 bits per heavy atom. The lowest BCUT2D eigenvalue weighted by Gasteiger charge is -2.26. The molecule has 1 aromatic rings. The molecule has 0 aromatic carbocycles. The van der Waals surface area contributed by atoms with E-state index in [1.54, 1.807) is 10.8 Å². The molecule has 4 heteroatoms. The fourth-order valence-electron chi connectivity index (χ4n) is 2.98. The number of aromatic carboxylic acids is 1. The molecule has 1 heterocycles. The van der Waals surface area contributed by atoms with Gasteiger partial charge in [0.2, 0.25) is 0 Å². The van der Waals surface area contributed by atoms with Crippen LogP contribution in [0.25, 0.3) is 0 Å². The highest BCUT2D eigenvalue weighted by Gasteiger charge is 2.19. The minimum Gasteiger partial charge on any atom is -0.477 e. The summed E-state index contributed by atoms with van der Waals surface area (Å²) in [5.74, 6) is 0.645. The molecule has 0 amide bonds. The van der Waals surface area contributed by atoms with E-state index in [0.717, 1.165) is 24.8 Å². The highest BCUT2D eigenvalue weighted by molar-refractivity contribution is 6.30. The van der Waals surface area contributed by atoms with Gasteiger partial charge in [0, 0.05) is 12.7 Å². The third kappa shape index (κ3) is 3.29. The fraction of sp³-hybridized carbons (Fsp3) is 0.643. The van der Waals surface area contributed by atoms with E-state index in [4.69, 9.17) is 16.7 Å². The van der Waals surface area contributed by atoms with Crippen LogP contribution >= 0.6 is 11.6 Å². The monoisotopic (exact) mass is 269 g/mol. The smallest absolute Gasteiger partial charge is 0.352 e. The molecule has 2 atom stereocenters. The number of hydrogen-bond acceptors (Lipinski definition) is 1. The lowest BCUT2D eigenvalue weighted by Crippen LogP contribution is -2.16. The number of carboxylic acids is 1. The Morgan fingerprint density at radius 3 is 3.00 bits per heavy atom. The molecule has 0 radical (unpaired) electrons. The van der Waals surface area contributed by atoms with Crippen molar-refractivity contribution in [2.75, 3.05) is 0 Å². The van der Waals surface area contributed by atoms with Crippen molar-refractivity contribution >= 4 is 17.6 Å². The maximum atomic E-state index is 11.1. The van der Waals surface area contributed by atoms with Crippen LogP contribution in [0.1, 0.15) is 49.5 Å². The fourth-order valence-corrected chi connectivity index (χ4v) is 3.20. The van der Waals surface area contributed by atoms with Gasteiger partial charge in [-0.1, -0.05) is 37.8 Å². The van der Waals surface area contributed by atoms with E-state index in [1.165, 1.54) is 31.7 Å². The molecule has 1 N–H and O–H groups in total. The molecule has 1 saturated carbocycles. The van der Waals surface area contributed by atoms with Crippen LogP contribution in [0.5, 0.6) is 0 Å². The van der Waals surface area contributed by atoms with E-state index in [1.807, 2.05) is 0 Å². The summed E-state index contributed by atoms with van der Waals surface area (Å²) in [6, 6.07) is 1.52. The number of carboxylic acid groups (broad SMARTS) is 1. The van der Waals surface area contributed by atoms with Crippen molar-refractivity contribution in [2.24, 2.45) is 11.8 Å². The lowest BCUT2D eigenvalue weighted by atomic mass is 9.81. The van der Waals surface area contributed by atoms with Crippen molar-refractivity contribution in [2.45, 2.75) is 45.6 Å². The molecule has 2 unspecified atom stereocenters.